The maximum absolute atomic E-state index is 14.3. The van der Waals surface area contributed by atoms with E-state index in [0.717, 1.165) is 24.3 Å². The summed E-state index contributed by atoms with van der Waals surface area (Å²) in [6.07, 6.45) is 1.45. The fraction of sp³-hybridized carbons (Fsp3) is 0.0800. The van der Waals surface area contributed by atoms with Crippen molar-refractivity contribution in [1.29, 1.82) is 0 Å². The van der Waals surface area contributed by atoms with Crippen molar-refractivity contribution in [2.75, 3.05) is 0 Å². The molecule has 0 saturated heterocycles. The van der Waals surface area contributed by atoms with Crippen molar-refractivity contribution < 1.29 is 30.6 Å². The molecule has 3 aromatic carbocycles. The van der Waals surface area contributed by atoms with Gasteiger partial charge in [0.1, 0.15) is 28.0 Å². The topological polar surface area (TPSA) is 76.8 Å². The number of para-hydroxylation sites is 1. The van der Waals surface area contributed by atoms with Crippen molar-refractivity contribution in [3.05, 3.63) is 120 Å². The molecule has 4 aromatic rings. The Balaban J connectivity index is 1.65. The van der Waals surface area contributed by atoms with Gasteiger partial charge < -0.3 is 13.5 Å². The molecule has 6 nitrogen and oxygen atoms in total. The molecule has 0 aliphatic carbocycles. The first-order chi connectivity index (χ1) is 16.3. The predicted octanol–water partition coefficient (Wildman–Crippen LogP) is 5.17. The molecule has 0 atom stereocenters. The van der Waals surface area contributed by atoms with E-state index in [1.165, 1.54) is 35.4 Å². The molecule has 0 bridgehead atoms. The molecule has 0 spiro atoms. The first-order valence-corrected chi connectivity index (χ1v) is 11.6. The van der Waals surface area contributed by atoms with E-state index in [1.54, 1.807) is 36.4 Å². The van der Waals surface area contributed by atoms with Crippen LogP contribution < -0.4 is 4.18 Å². The van der Waals surface area contributed by atoms with E-state index < -0.39 is 27.7 Å². The summed E-state index contributed by atoms with van der Waals surface area (Å²) >= 11 is 0. The van der Waals surface area contributed by atoms with Gasteiger partial charge in [0.25, 0.3) is 5.91 Å². The molecular formula is C25H19F2NO5S. The predicted molar refractivity (Wildman–Crippen MR) is 119 cm³/mol. The van der Waals surface area contributed by atoms with Crippen molar-refractivity contribution in [3.8, 4) is 5.75 Å². The number of furan rings is 1. The lowest BCUT2D eigenvalue weighted by Gasteiger charge is -2.23. The second kappa shape index (κ2) is 9.88. The third-order valence-electron chi connectivity index (χ3n) is 4.95. The summed E-state index contributed by atoms with van der Waals surface area (Å²) in [4.78, 5) is 14.3. The Kier molecular flexibility index (Phi) is 6.74. The zero-order valence-electron chi connectivity index (χ0n) is 17.7. The minimum Gasteiger partial charge on any atom is -0.467 e. The molecule has 0 saturated carbocycles. The Labute approximate surface area is 195 Å². The van der Waals surface area contributed by atoms with Gasteiger partial charge in [-0.05, 0) is 54.6 Å². The molecule has 174 valence electrons. The third kappa shape index (κ3) is 5.32. The Morgan fingerprint density at radius 1 is 0.853 bits per heavy atom. The van der Waals surface area contributed by atoms with Crippen molar-refractivity contribution >= 4 is 16.0 Å². The fourth-order valence-corrected chi connectivity index (χ4v) is 4.25. The lowest BCUT2D eigenvalue weighted by molar-refractivity contribution is 0.0712. The lowest BCUT2D eigenvalue weighted by Crippen LogP contribution is -2.31. The summed E-state index contributed by atoms with van der Waals surface area (Å²) in [5.74, 6) is -1.43. The van der Waals surface area contributed by atoms with Gasteiger partial charge in [0.2, 0.25) is 0 Å². The highest BCUT2D eigenvalue weighted by Crippen LogP contribution is 2.26. The number of carbonyl (C=O) groups is 1. The number of benzene rings is 3. The molecule has 0 radical (unpaired) electrons. The molecule has 0 aliphatic heterocycles. The first kappa shape index (κ1) is 23.2. The molecule has 0 fully saturated rings. The van der Waals surface area contributed by atoms with Crippen molar-refractivity contribution in [1.82, 2.24) is 4.90 Å². The van der Waals surface area contributed by atoms with E-state index in [4.69, 9.17) is 8.60 Å². The Morgan fingerprint density at radius 3 is 2.26 bits per heavy atom. The fourth-order valence-electron chi connectivity index (χ4n) is 3.28. The Bertz CT molecular complexity index is 1390. The molecule has 1 heterocycles. The van der Waals surface area contributed by atoms with Crippen molar-refractivity contribution in [2.24, 2.45) is 0 Å². The Hall–Kier alpha value is -3.98. The number of hydrogen-bond acceptors (Lipinski definition) is 5. The molecule has 34 heavy (non-hydrogen) atoms. The van der Waals surface area contributed by atoms with Crippen LogP contribution in [0.25, 0.3) is 0 Å². The molecule has 0 aliphatic rings. The highest BCUT2D eigenvalue weighted by molar-refractivity contribution is 7.87. The van der Waals surface area contributed by atoms with Crippen molar-refractivity contribution in [2.45, 2.75) is 18.0 Å². The average molecular weight is 483 g/mol. The molecule has 4 rings (SSSR count). The van der Waals surface area contributed by atoms with E-state index in [1.807, 2.05) is 0 Å². The maximum atomic E-state index is 14.3. The van der Waals surface area contributed by atoms with Gasteiger partial charge in [0.05, 0.1) is 24.9 Å². The number of rotatable bonds is 8. The van der Waals surface area contributed by atoms with E-state index in [0.29, 0.717) is 11.3 Å². The van der Waals surface area contributed by atoms with Gasteiger partial charge in [-0.1, -0.05) is 30.3 Å². The SMILES string of the molecule is O=C(c1ccccc1F)N(Cc1ccco1)Cc1ccccc1OS(=O)(=O)c1ccc(F)cc1. The second-order valence-corrected chi connectivity index (χ2v) is 8.87. The second-order valence-electron chi connectivity index (χ2n) is 7.32. The van der Waals surface area contributed by atoms with Crippen LogP contribution in [0.15, 0.2) is 101 Å². The average Bonchev–Trinajstić information content (AvgIpc) is 3.33. The van der Waals surface area contributed by atoms with Gasteiger partial charge in [-0.25, -0.2) is 8.78 Å². The van der Waals surface area contributed by atoms with Gasteiger partial charge in [-0.2, -0.15) is 8.42 Å². The summed E-state index contributed by atoms with van der Waals surface area (Å²) in [7, 11) is -4.27. The van der Waals surface area contributed by atoms with Crippen LogP contribution in [0.5, 0.6) is 5.75 Å². The standard InChI is InChI=1S/C25H19F2NO5S/c26-19-11-13-21(14-12-19)34(30,31)33-24-10-4-1-6-18(24)16-28(17-20-7-5-15-32-20)25(29)22-8-2-3-9-23(22)27/h1-15H,16-17H2. The van der Waals surface area contributed by atoms with Crippen molar-refractivity contribution in [3.63, 3.8) is 0 Å². The van der Waals surface area contributed by atoms with E-state index in [-0.39, 0.29) is 29.3 Å². The largest absolute Gasteiger partial charge is 0.467 e. The zero-order chi connectivity index (χ0) is 24.1. The summed E-state index contributed by atoms with van der Waals surface area (Å²) in [6, 6.07) is 19.4. The summed E-state index contributed by atoms with van der Waals surface area (Å²) in [5, 5.41) is 0. The highest BCUT2D eigenvalue weighted by atomic mass is 32.2. The van der Waals surface area contributed by atoms with E-state index in [9.17, 15) is 22.0 Å². The molecule has 0 unspecified atom stereocenters. The zero-order valence-corrected chi connectivity index (χ0v) is 18.5. The molecule has 9 heteroatoms. The smallest absolute Gasteiger partial charge is 0.339 e. The number of carbonyl (C=O) groups excluding carboxylic acids is 1. The van der Waals surface area contributed by atoms with Gasteiger partial charge in [0, 0.05) is 5.56 Å². The Morgan fingerprint density at radius 2 is 1.56 bits per heavy atom. The first-order valence-electron chi connectivity index (χ1n) is 10.2. The van der Waals surface area contributed by atoms with Gasteiger partial charge >= 0.3 is 10.1 Å². The normalized spacial score (nSPS) is 11.2. The maximum Gasteiger partial charge on any atom is 0.339 e. The summed E-state index contributed by atoms with van der Waals surface area (Å²) in [6.45, 7) is -0.0812. The molecular weight excluding hydrogens is 464 g/mol. The third-order valence-corrected chi connectivity index (χ3v) is 6.20. The van der Waals surface area contributed by atoms with Crippen LogP contribution in [-0.4, -0.2) is 19.2 Å². The lowest BCUT2D eigenvalue weighted by atomic mass is 10.1. The van der Waals surface area contributed by atoms with Crippen LogP contribution in [-0.2, 0) is 23.2 Å². The van der Waals surface area contributed by atoms with Gasteiger partial charge in [0.15, 0.2) is 0 Å². The van der Waals surface area contributed by atoms with Gasteiger partial charge in [-0.3, -0.25) is 4.79 Å². The highest BCUT2D eigenvalue weighted by Gasteiger charge is 2.24. The minimum absolute atomic E-state index is 0.0131. The van der Waals surface area contributed by atoms with E-state index in [2.05, 4.69) is 0 Å². The number of halogens is 2. The number of hydrogen-bond donors (Lipinski definition) is 0. The van der Waals surface area contributed by atoms with E-state index >= 15 is 0 Å². The molecule has 1 amide bonds. The quantitative estimate of drug-likeness (QED) is 0.323. The monoisotopic (exact) mass is 483 g/mol. The van der Waals surface area contributed by atoms with Crippen LogP contribution in [0.2, 0.25) is 0 Å². The van der Waals surface area contributed by atoms with Crippen LogP contribution in [0.4, 0.5) is 8.78 Å². The molecule has 0 N–H and O–H groups in total. The van der Waals surface area contributed by atoms with Crippen LogP contribution in [0, 0.1) is 11.6 Å². The van der Waals surface area contributed by atoms with Gasteiger partial charge in [-0.15, -0.1) is 0 Å². The molecule has 1 aromatic heterocycles. The van der Waals surface area contributed by atoms with Crippen LogP contribution in [0.3, 0.4) is 0 Å². The summed E-state index contributed by atoms with van der Waals surface area (Å²) in [5.41, 5.74) is 0.232. The van der Waals surface area contributed by atoms with Crippen LogP contribution in [0.1, 0.15) is 21.7 Å². The number of amides is 1. The van der Waals surface area contributed by atoms with Crippen LogP contribution >= 0.6 is 0 Å². The minimum atomic E-state index is -4.27. The summed E-state index contributed by atoms with van der Waals surface area (Å²) < 4.78 is 63.6. The number of nitrogens with zero attached hydrogens (tertiary/aromatic N) is 1.